The molecule has 0 radical (unpaired) electrons. The number of amides is 1. The van der Waals surface area contributed by atoms with Crippen molar-refractivity contribution in [3.63, 3.8) is 0 Å². The topological polar surface area (TPSA) is 79.3 Å². The van der Waals surface area contributed by atoms with Gasteiger partial charge in [0.15, 0.2) is 0 Å². The predicted octanol–water partition coefficient (Wildman–Crippen LogP) is 1.83. The van der Waals surface area contributed by atoms with Gasteiger partial charge in [0.1, 0.15) is 0 Å². The van der Waals surface area contributed by atoms with Crippen molar-refractivity contribution < 1.29 is 14.7 Å². The summed E-state index contributed by atoms with van der Waals surface area (Å²) < 4.78 is 0. The normalized spacial score (nSPS) is 22.7. The molecule has 0 aliphatic heterocycles. The van der Waals surface area contributed by atoms with Crippen LogP contribution in [-0.2, 0) is 9.59 Å². The van der Waals surface area contributed by atoms with E-state index in [0.29, 0.717) is 18.5 Å². The highest BCUT2D eigenvalue weighted by molar-refractivity contribution is 5.95. The lowest BCUT2D eigenvalue weighted by Gasteiger charge is -2.15. The Labute approximate surface area is 105 Å². The van der Waals surface area contributed by atoms with Crippen LogP contribution in [-0.4, -0.2) is 22.0 Å². The molecule has 2 atom stereocenters. The number of nitrogens with zero attached hydrogens (tertiary/aromatic N) is 1. The molecule has 2 N–H and O–H groups in total. The van der Waals surface area contributed by atoms with Crippen molar-refractivity contribution in [1.29, 1.82) is 0 Å². The molecular formula is C13H16N2O3. The van der Waals surface area contributed by atoms with E-state index in [1.54, 1.807) is 18.3 Å². The molecule has 1 saturated carbocycles. The second-order valence-corrected chi connectivity index (χ2v) is 4.66. The first-order valence-electron chi connectivity index (χ1n) is 6.04. The van der Waals surface area contributed by atoms with Crippen LogP contribution in [0.1, 0.15) is 25.0 Å². The number of nitrogens with one attached hydrogen (secondary N) is 1. The number of pyridine rings is 1. The lowest BCUT2D eigenvalue weighted by atomic mass is 9.95. The largest absolute Gasteiger partial charge is 0.481 e. The summed E-state index contributed by atoms with van der Waals surface area (Å²) in [5, 5.41) is 11.8. The molecule has 1 amide bonds. The van der Waals surface area contributed by atoms with E-state index in [0.717, 1.165) is 12.1 Å². The Morgan fingerprint density at radius 2 is 2.06 bits per heavy atom. The Morgan fingerprint density at radius 3 is 2.67 bits per heavy atom. The summed E-state index contributed by atoms with van der Waals surface area (Å²) in [6, 6.07) is 3.57. The minimum Gasteiger partial charge on any atom is -0.481 e. The van der Waals surface area contributed by atoms with Gasteiger partial charge in [-0.3, -0.25) is 14.6 Å². The fourth-order valence-corrected chi connectivity index (χ4v) is 2.35. The predicted molar refractivity (Wildman–Crippen MR) is 66.1 cm³/mol. The van der Waals surface area contributed by atoms with Gasteiger partial charge in [0.25, 0.3) is 0 Å². The fraction of sp³-hybridized carbons (Fsp3) is 0.462. The van der Waals surface area contributed by atoms with Crippen LogP contribution >= 0.6 is 0 Å². The van der Waals surface area contributed by atoms with E-state index in [1.807, 2.05) is 6.92 Å². The molecule has 1 fully saturated rings. The van der Waals surface area contributed by atoms with E-state index in [2.05, 4.69) is 10.3 Å². The summed E-state index contributed by atoms with van der Waals surface area (Å²) in [5.74, 6) is -2.08. The summed E-state index contributed by atoms with van der Waals surface area (Å²) in [6.07, 6.45) is 3.60. The van der Waals surface area contributed by atoms with Gasteiger partial charge in [-0.1, -0.05) is 6.42 Å². The van der Waals surface area contributed by atoms with Gasteiger partial charge in [0.05, 0.1) is 23.7 Å². The zero-order chi connectivity index (χ0) is 13.1. The monoisotopic (exact) mass is 248 g/mol. The number of aliphatic carboxylic acids is 1. The van der Waals surface area contributed by atoms with Crippen LogP contribution in [0.15, 0.2) is 18.3 Å². The van der Waals surface area contributed by atoms with Gasteiger partial charge in [-0.2, -0.15) is 0 Å². The van der Waals surface area contributed by atoms with Crippen molar-refractivity contribution in [2.45, 2.75) is 26.2 Å². The maximum absolute atomic E-state index is 12.0. The number of aryl methyl sites for hydroxylation is 1. The number of rotatable bonds is 3. The maximum Gasteiger partial charge on any atom is 0.307 e. The van der Waals surface area contributed by atoms with Crippen LogP contribution in [0.4, 0.5) is 5.69 Å². The Hall–Kier alpha value is -1.91. The molecule has 1 aromatic heterocycles. The summed E-state index contributed by atoms with van der Waals surface area (Å²) >= 11 is 0. The van der Waals surface area contributed by atoms with Gasteiger partial charge in [-0.05, 0) is 31.9 Å². The van der Waals surface area contributed by atoms with Crippen LogP contribution in [0.25, 0.3) is 0 Å². The molecule has 0 aromatic carbocycles. The van der Waals surface area contributed by atoms with Crippen LogP contribution in [0.3, 0.4) is 0 Å². The number of carboxylic acid groups (broad SMARTS) is 1. The molecule has 5 heteroatoms. The second-order valence-electron chi connectivity index (χ2n) is 4.66. The molecule has 1 heterocycles. The van der Waals surface area contributed by atoms with Gasteiger partial charge in [0, 0.05) is 5.69 Å². The molecule has 2 rings (SSSR count). The highest BCUT2D eigenvalue weighted by Crippen LogP contribution is 2.32. The van der Waals surface area contributed by atoms with Crippen molar-refractivity contribution >= 4 is 17.6 Å². The van der Waals surface area contributed by atoms with Crippen molar-refractivity contribution in [2.24, 2.45) is 11.8 Å². The van der Waals surface area contributed by atoms with Gasteiger partial charge >= 0.3 is 5.97 Å². The smallest absolute Gasteiger partial charge is 0.307 e. The molecule has 1 aromatic rings. The first kappa shape index (κ1) is 12.5. The van der Waals surface area contributed by atoms with Crippen LogP contribution in [0.2, 0.25) is 0 Å². The van der Waals surface area contributed by atoms with E-state index >= 15 is 0 Å². The van der Waals surface area contributed by atoms with E-state index in [9.17, 15) is 9.59 Å². The van der Waals surface area contributed by atoms with Gasteiger partial charge < -0.3 is 10.4 Å². The average molecular weight is 248 g/mol. The standard InChI is InChI=1S/C13H16N2O3/c1-8-5-6-9(7-14-8)15-12(16)10-3-2-4-11(10)13(17)18/h5-7,10-11H,2-4H2,1H3,(H,15,16)(H,17,18). The average Bonchev–Trinajstić information content (AvgIpc) is 2.81. The molecule has 0 saturated heterocycles. The lowest BCUT2D eigenvalue weighted by molar-refractivity contribution is -0.145. The summed E-state index contributed by atoms with van der Waals surface area (Å²) in [7, 11) is 0. The molecule has 1 aliphatic rings. The number of hydrogen-bond acceptors (Lipinski definition) is 3. The van der Waals surface area contributed by atoms with E-state index < -0.39 is 17.8 Å². The first-order chi connectivity index (χ1) is 8.58. The van der Waals surface area contributed by atoms with Crippen LogP contribution in [0.5, 0.6) is 0 Å². The van der Waals surface area contributed by atoms with Gasteiger partial charge in [-0.25, -0.2) is 0 Å². The van der Waals surface area contributed by atoms with Crippen LogP contribution in [0, 0.1) is 18.8 Å². The minimum absolute atomic E-state index is 0.217. The van der Waals surface area contributed by atoms with E-state index in [4.69, 9.17) is 5.11 Å². The third-order valence-electron chi connectivity index (χ3n) is 3.35. The van der Waals surface area contributed by atoms with Gasteiger partial charge in [-0.15, -0.1) is 0 Å². The van der Waals surface area contributed by atoms with E-state index in [1.165, 1.54) is 0 Å². The summed E-state index contributed by atoms with van der Waals surface area (Å²) in [4.78, 5) is 27.1. The molecular weight excluding hydrogens is 232 g/mol. The van der Waals surface area contributed by atoms with Crippen molar-refractivity contribution in [2.75, 3.05) is 5.32 Å². The number of carbonyl (C=O) groups is 2. The Balaban J connectivity index is 2.03. The lowest BCUT2D eigenvalue weighted by Crippen LogP contribution is -2.30. The molecule has 1 aliphatic carbocycles. The molecule has 0 spiro atoms. The number of carbonyl (C=O) groups excluding carboxylic acids is 1. The molecule has 2 unspecified atom stereocenters. The second kappa shape index (κ2) is 5.16. The van der Waals surface area contributed by atoms with E-state index in [-0.39, 0.29) is 5.91 Å². The third-order valence-corrected chi connectivity index (χ3v) is 3.35. The zero-order valence-corrected chi connectivity index (χ0v) is 10.2. The Kier molecular flexibility index (Phi) is 3.60. The molecule has 5 nitrogen and oxygen atoms in total. The first-order valence-corrected chi connectivity index (χ1v) is 6.04. The third kappa shape index (κ3) is 2.67. The quantitative estimate of drug-likeness (QED) is 0.855. The highest BCUT2D eigenvalue weighted by Gasteiger charge is 2.37. The maximum atomic E-state index is 12.0. The summed E-state index contributed by atoms with van der Waals surface area (Å²) in [5.41, 5.74) is 1.49. The van der Waals surface area contributed by atoms with Crippen molar-refractivity contribution in [1.82, 2.24) is 4.98 Å². The SMILES string of the molecule is Cc1ccc(NC(=O)C2CCCC2C(=O)O)cn1. The molecule has 96 valence electrons. The Bertz CT molecular complexity index is 456. The molecule has 18 heavy (non-hydrogen) atoms. The Morgan fingerprint density at radius 1 is 1.33 bits per heavy atom. The summed E-state index contributed by atoms with van der Waals surface area (Å²) in [6.45, 7) is 1.86. The number of carboxylic acids is 1. The van der Waals surface area contributed by atoms with Gasteiger partial charge in [0.2, 0.25) is 5.91 Å². The van der Waals surface area contributed by atoms with Crippen molar-refractivity contribution in [3.05, 3.63) is 24.0 Å². The van der Waals surface area contributed by atoms with Crippen molar-refractivity contribution in [3.8, 4) is 0 Å². The number of anilines is 1. The van der Waals surface area contributed by atoms with Crippen LogP contribution < -0.4 is 5.32 Å². The number of aromatic nitrogens is 1. The minimum atomic E-state index is -0.880. The fourth-order valence-electron chi connectivity index (χ4n) is 2.35. The molecule has 0 bridgehead atoms. The number of hydrogen-bond donors (Lipinski definition) is 2. The highest BCUT2D eigenvalue weighted by atomic mass is 16.4. The zero-order valence-electron chi connectivity index (χ0n) is 10.2.